The molecular formula is C21H22ClN3O3S. The van der Waals surface area contributed by atoms with Gasteiger partial charge in [-0.05, 0) is 62.4 Å². The molecule has 0 bridgehead atoms. The number of rotatable bonds is 6. The van der Waals surface area contributed by atoms with Gasteiger partial charge in [0.05, 0.1) is 12.3 Å². The van der Waals surface area contributed by atoms with Gasteiger partial charge in [0, 0.05) is 23.7 Å². The molecule has 1 saturated heterocycles. The van der Waals surface area contributed by atoms with Crippen LogP contribution in [0.4, 0.5) is 11.4 Å². The van der Waals surface area contributed by atoms with E-state index in [1.54, 1.807) is 53.4 Å². The van der Waals surface area contributed by atoms with Crippen LogP contribution in [0, 0.1) is 0 Å². The molecule has 2 aromatic carbocycles. The molecule has 152 valence electrons. The van der Waals surface area contributed by atoms with Crippen LogP contribution in [0.2, 0.25) is 5.02 Å². The van der Waals surface area contributed by atoms with Gasteiger partial charge in [-0.25, -0.2) is 4.99 Å². The SMILES string of the molecule is CCOc1ccc(NC(=O)C2CC(=O)N(CC)C(=Nc3ccc(Cl)cc3)S2)cc1. The third-order valence-corrected chi connectivity index (χ3v) is 5.67. The van der Waals surface area contributed by atoms with Gasteiger partial charge in [0.15, 0.2) is 5.17 Å². The number of nitrogens with zero attached hydrogens (tertiary/aromatic N) is 2. The average Bonchev–Trinajstić information content (AvgIpc) is 2.71. The van der Waals surface area contributed by atoms with Crippen molar-refractivity contribution >= 4 is 51.7 Å². The molecule has 6 nitrogen and oxygen atoms in total. The quantitative estimate of drug-likeness (QED) is 0.718. The molecule has 1 aliphatic rings. The Hall–Kier alpha value is -2.51. The number of benzene rings is 2. The van der Waals surface area contributed by atoms with Crippen molar-refractivity contribution in [2.45, 2.75) is 25.5 Å². The van der Waals surface area contributed by atoms with E-state index in [0.29, 0.717) is 34.7 Å². The Morgan fingerprint density at radius 2 is 1.90 bits per heavy atom. The number of amides is 2. The van der Waals surface area contributed by atoms with E-state index >= 15 is 0 Å². The first-order chi connectivity index (χ1) is 14.0. The smallest absolute Gasteiger partial charge is 0.238 e. The average molecular weight is 432 g/mol. The van der Waals surface area contributed by atoms with E-state index in [1.165, 1.54) is 11.8 Å². The fourth-order valence-corrected chi connectivity index (χ4v) is 4.09. The zero-order chi connectivity index (χ0) is 20.8. The Balaban J connectivity index is 1.74. The molecule has 1 unspecified atom stereocenters. The lowest BCUT2D eigenvalue weighted by Crippen LogP contribution is -2.45. The highest BCUT2D eigenvalue weighted by molar-refractivity contribution is 8.15. The summed E-state index contributed by atoms with van der Waals surface area (Å²) in [6, 6.07) is 14.2. The minimum atomic E-state index is -0.553. The molecule has 0 radical (unpaired) electrons. The molecule has 0 saturated carbocycles. The van der Waals surface area contributed by atoms with Crippen LogP contribution in [0.5, 0.6) is 5.75 Å². The topological polar surface area (TPSA) is 71.0 Å². The van der Waals surface area contributed by atoms with Gasteiger partial charge in [0.1, 0.15) is 11.0 Å². The second-order valence-corrected chi connectivity index (χ2v) is 7.87. The Kier molecular flexibility index (Phi) is 7.17. The normalized spacial score (nSPS) is 18.0. The van der Waals surface area contributed by atoms with Crippen LogP contribution in [-0.4, -0.2) is 40.3 Å². The van der Waals surface area contributed by atoms with Crippen LogP contribution in [-0.2, 0) is 9.59 Å². The molecular weight excluding hydrogens is 410 g/mol. The van der Waals surface area contributed by atoms with Gasteiger partial charge in [0.25, 0.3) is 0 Å². The summed E-state index contributed by atoms with van der Waals surface area (Å²) in [5.74, 6) is 0.390. The molecule has 1 heterocycles. The Bertz CT molecular complexity index is 900. The predicted molar refractivity (Wildman–Crippen MR) is 118 cm³/mol. The largest absolute Gasteiger partial charge is 0.494 e. The molecule has 0 aromatic heterocycles. The summed E-state index contributed by atoms with van der Waals surface area (Å²) < 4.78 is 5.41. The highest BCUT2D eigenvalue weighted by atomic mass is 35.5. The lowest BCUT2D eigenvalue weighted by Gasteiger charge is -2.30. The van der Waals surface area contributed by atoms with E-state index in [0.717, 1.165) is 5.75 Å². The lowest BCUT2D eigenvalue weighted by molar-refractivity contribution is -0.129. The third-order valence-electron chi connectivity index (χ3n) is 4.23. The van der Waals surface area contributed by atoms with Crippen LogP contribution in [0.25, 0.3) is 0 Å². The number of hydrogen-bond acceptors (Lipinski definition) is 5. The van der Waals surface area contributed by atoms with Gasteiger partial charge in [-0.15, -0.1) is 0 Å². The zero-order valence-corrected chi connectivity index (χ0v) is 17.8. The summed E-state index contributed by atoms with van der Waals surface area (Å²) in [7, 11) is 0. The first-order valence-corrected chi connectivity index (χ1v) is 10.6. The van der Waals surface area contributed by atoms with Crippen LogP contribution in [0.1, 0.15) is 20.3 Å². The highest BCUT2D eigenvalue weighted by Crippen LogP contribution is 2.30. The van der Waals surface area contributed by atoms with Crippen molar-refractivity contribution in [3.8, 4) is 5.75 Å². The summed E-state index contributed by atoms with van der Waals surface area (Å²) in [5, 5.41) is 3.44. The molecule has 8 heteroatoms. The maximum absolute atomic E-state index is 12.8. The van der Waals surface area contributed by atoms with E-state index in [9.17, 15) is 9.59 Å². The molecule has 1 fully saturated rings. The summed E-state index contributed by atoms with van der Waals surface area (Å²) in [5.41, 5.74) is 1.33. The van der Waals surface area contributed by atoms with E-state index in [-0.39, 0.29) is 18.2 Å². The molecule has 0 spiro atoms. The van der Waals surface area contributed by atoms with Gasteiger partial charge >= 0.3 is 0 Å². The molecule has 1 N–H and O–H groups in total. The lowest BCUT2D eigenvalue weighted by atomic mass is 10.2. The maximum Gasteiger partial charge on any atom is 0.238 e. The van der Waals surface area contributed by atoms with Crippen LogP contribution >= 0.6 is 23.4 Å². The van der Waals surface area contributed by atoms with E-state index in [4.69, 9.17) is 16.3 Å². The molecule has 3 rings (SSSR count). The number of amidine groups is 1. The number of carbonyl (C=O) groups is 2. The standard InChI is InChI=1S/C21H22ClN3O3S/c1-3-25-19(26)13-18(29-21(25)24-16-7-5-14(22)6-8-16)20(27)23-15-9-11-17(12-10-15)28-4-2/h5-12,18H,3-4,13H2,1-2H3,(H,23,27). The number of hydrogen-bond donors (Lipinski definition) is 1. The van der Waals surface area contributed by atoms with E-state index < -0.39 is 5.25 Å². The van der Waals surface area contributed by atoms with E-state index in [2.05, 4.69) is 10.3 Å². The number of thioether (sulfide) groups is 1. The predicted octanol–water partition coefficient (Wildman–Crippen LogP) is 4.72. The first-order valence-electron chi connectivity index (χ1n) is 9.35. The minimum absolute atomic E-state index is 0.120. The van der Waals surface area contributed by atoms with Gasteiger partial charge < -0.3 is 10.1 Å². The number of halogens is 1. The Labute approximate surface area is 179 Å². The molecule has 1 atom stereocenters. The van der Waals surface area contributed by atoms with Gasteiger partial charge in [-0.3, -0.25) is 14.5 Å². The summed E-state index contributed by atoms with van der Waals surface area (Å²) >= 11 is 7.21. The molecule has 0 aliphatic carbocycles. The fourth-order valence-electron chi connectivity index (χ4n) is 2.80. The van der Waals surface area contributed by atoms with Crippen molar-refractivity contribution in [1.82, 2.24) is 4.90 Å². The first kappa shape index (κ1) is 21.2. The number of nitrogens with one attached hydrogen (secondary N) is 1. The summed E-state index contributed by atoms with van der Waals surface area (Å²) in [6.45, 7) is 4.87. The zero-order valence-electron chi connectivity index (χ0n) is 16.2. The Morgan fingerprint density at radius 1 is 1.21 bits per heavy atom. The van der Waals surface area contributed by atoms with Crippen molar-refractivity contribution in [2.24, 2.45) is 4.99 Å². The minimum Gasteiger partial charge on any atom is -0.494 e. The summed E-state index contributed by atoms with van der Waals surface area (Å²) in [4.78, 5) is 31.5. The van der Waals surface area contributed by atoms with Crippen molar-refractivity contribution < 1.29 is 14.3 Å². The second-order valence-electron chi connectivity index (χ2n) is 6.27. The highest BCUT2D eigenvalue weighted by Gasteiger charge is 2.35. The molecule has 1 aliphatic heterocycles. The number of carbonyl (C=O) groups excluding carboxylic acids is 2. The monoisotopic (exact) mass is 431 g/mol. The summed E-state index contributed by atoms with van der Waals surface area (Å²) in [6.07, 6.45) is 0.126. The van der Waals surface area contributed by atoms with Gasteiger partial charge in [0.2, 0.25) is 11.8 Å². The van der Waals surface area contributed by atoms with Crippen molar-refractivity contribution in [3.05, 3.63) is 53.6 Å². The number of aliphatic imine (C=N–C) groups is 1. The third kappa shape index (κ3) is 5.52. The van der Waals surface area contributed by atoms with Crippen LogP contribution in [0.3, 0.4) is 0 Å². The maximum atomic E-state index is 12.8. The number of ether oxygens (including phenoxy) is 1. The second kappa shape index (κ2) is 9.80. The van der Waals surface area contributed by atoms with Crippen molar-refractivity contribution in [3.63, 3.8) is 0 Å². The van der Waals surface area contributed by atoms with Gasteiger partial charge in [-0.1, -0.05) is 23.4 Å². The molecule has 2 aromatic rings. The Morgan fingerprint density at radius 3 is 2.52 bits per heavy atom. The molecule has 29 heavy (non-hydrogen) atoms. The van der Waals surface area contributed by atoms with Crippen molar-refractivity contribution in [2.75, 3.05) is 18.5 Å². The van der Waals surface area contributed by atoms with E-state index in [1.807, 2.05) is 13.8 Å². The number of anilines is 1. The van der Waals surface area contributed by atoms with Crippen molar-refractivity contribution in [1.29, 1.82) is 0 Å². The van der Waals surface area contributed by atoms with Crippen LogP contribution < -0.4 is 10.1 Å². The van der Waals surface area contributed by atoms with Crippen LogP contribution in [0.15, 0.2) is 53.5 Å². The molecule has 2 amide bonds. The van der Waals surface area contributed by atoms with Gasteiger partial charge in [-0.2, -0.15) is 0 Å². The fraction of sp³-hybridized carbons (Fsp3) is 0.286.